The van der Waals surface area contributed by atoms with E-state index in [1.807, 2.05) is 0 Å². The van der Waals surface area contributed by atoms with Crippen molar-refractivity contribution >= 4 is 29.9 Å². The first kappa shape index (κ1) is 20.1. The van der Waals surface area contributed by atoms with E-state index in [9.17, 15) is 9.59 Å². The highest BCUT2D eigenvalue weighted by Gasteiger charge is 2.18. The fourth-order valence-electron chi connectivity index (χ4n) is 1.61. The number of hydrogen-bond acceptors (Lipinski definition) is 5. The van der Waals surface area contributed by atoms with Crippen LogP contribution < -0.4 is 5.73 Å². The van der Waals surface area contributed by atoms with Gasteiger partial charge in [0, 0.05) is 33.4 Å². The first-order chi connectivity index (χ1) is 9.93. The van der Waals surface area contributed by atoms with E-state index in [0.717, 1.165) is 0 Å². The van der Waals surface area contributed by atoms with Crippen LogP contribution in [-0.2, 0) is 20.7 Å². The molecule has 8 heteroatoms. The summed E-state index contributed by atoms with van der Waals surface area (Å²) < 4.78 is 4.98. The van der Waals surface area contributed by atoms with Crippen molar-refractivity contribution in [2.45, 2.75) is 6.42 Å². The van der Waals surface area contributed by atoms with Crippen LogP contribution in [0.1, 0.15) is 5.69 Å². The van der Waals surface area contributed by atoms with Crippen molar-refractivity contribution in [2.24, 2.45) is 0 Å². The summed E-state index contributed by atoms with van der Waals surface area (Å²) in [4.78, 5) is 31.1. The number of anilines is 1. The molecule has 1 heterocycles. The minimum absolute atomic E-state index is 0. The third kappa shape index (κ3) is 6.73. The monoisotopic (exact) mass is 330 g/mol. The second kappa shape index (κ2) is 9.97. The van der Waals surface area contributed by atoms with Gasteiger partial charge in [-0.3, -0.25) is 14.6 Å². The van der Waals surface area contributed by atoms with Crippen molar-refractivity contribution < 1.29 is 14.3 Å². The minimum Gasteiger partial charge on any atom is -0.397 e. The zero-order valence-corrected chi connectivity index (χ0v) is 13.9. The molecule has 0 aliphatic heterocycles. The fourth-order valence-corrected chi connectivity index (χ4v) is 1.61. The van der Waals surface area contributed by atoms with Gasteiger partial charge in [0.15, 0.2) is 0 Å². The quantitative estimate of drug-likeness (QED) is 0.771. The van der Waals surface area contributed by atoms with E-state index in [2.05, 4.69) is 4.98 Å². The van der Waals surface area contributed by atoms with Crippen molar-refractivity contribution in [2.75, 3.05) is 46.6 Å². The molecule has 0 bridgehead atoms. The van der Waals surface area contributed by atoms with Crippen LogP contribution in [0.5, 0.6) is 0 Å². The van der Waals surface area contributed by atoms with Gasteiger partial charge in [0.1, 0.15) is 0 Å². The number of hydrogen-bond donors (Lipinski definition) is 1. The zero-order valence-electron chi connectivity index (χ0n) is 13.1. The lowest BCUT2D eigenvalue weighted by atomic mass is 10.2. The maximum Gasteiger partial charge on any atom is 0.241 e. The number of likely N-dealkylation sites (N-methyl/N-ethyl adjacent to an activating group) is 1. The number of nitrogens with zero attached hydrogens (tertiary/aromatic N) is 3. The van der Waals surface area contributed by atoms with Crippen LogP contribution in [0.3, 0.4) is 0 Å². The van der Waals surface area contributed by atoms with Crippen LogP contribution in [0, 0.1) is 0 Å². The van der Waals surface area contributed by atoms with Gasteiger partial charge in [-0.05, 0) is 12.1 Å². The molecular weight excluding hydrogens is 308 g/mol. The SMILES string of the molecule is COCCN(CC(=O)N(C)C)C(=O)Cc1ccc(N)cn1.Cl. The highest BCUT2D eigenvalue weighted by Crippen LogP contribution is 2.04. The van der Waals surface area contributed by atoms with E-state index < -0.39 is 0 Å². The summed E-state index contributed by atoms with van der Waals surface area (Å²) in [5, 5.41) is 0. The number of pyridine rings is 1. The largest absolute Gasteiger partial charge is 0.397 e. The standard InChI is InChI=1S/C14H22N4O3.ClH/c1-17(2)14(20)10-18(6-7-21-3)13(19)8-12-5-4-11(15)9-16-12;/h4-5,9H,6-8,10,15H2,1-3H3;1H. The molecule has 0 aliphatic rings. The average molecular weight is 331 g/mol. The maximum absolute atomic E-state index is 12.3. The number of amides is 2. The summed E-state index contributed by atoms with van der Waals surface area (Å²) in [5.41, 5.74) is 6.72. The van der Waals surface area contributed by atoms with Crippen molar-refractivity contribution in [1.82, 2.24) is 14.8 Å². The average Bonchev–Trinajstić information content (AvgIpc) is 2.45. The molecule has 0 radical (unpaired) electrons. The number of methoxy groups -OCH3 is 1. The number of nitrogen functional groups attached to an aromatic ring is 1. The smallest absolute Gasteiger partial charge is 0.241 e. The van der Waals surface area contributed by atoms with E-state index in [-0.39, 0.29) is 37.2 Å². The Balaban J connectivity index is 0.00000441. The summed E-state index contributed by atoms with van der Waals surface area (Å²) in [6.07, 6.45) is 1.64. The highest BCUT2D eigenvalue weighted by molar-refractivity contribution is 5.85. The second-order valence-electron chi connectivity index (χ2n) is 4.86. The predicted octanol–water partition coefficient (Wildman–Crippen LogP) is 0.191. The molecule has 1 aromatic rings. The van der Waals surface area contributed by atoms with Crippen molar-refractivity contribution in [1.29, 1.82) is 0 Å². The number of nitrogens with two attached hydrogens (primary N) is 1. The molecule has 2 N–H and O–H groups in total. The van der Waals surface area contributed by atoms with Gasteiger partial charge in [0.25, 0.3) is 0 Å². The minimum atomic E-state index is -0.167. The number of rotatable bonds is 7. The Morgan fingerprint density at radius 3 is 2.45 bits per heavy atom. The number of aromatic nitrogens is 1. The molecule has 124 valence electrons. The zero-order chi connectivity index (χ0) is 15.8. The van der Waals surface area contributed by atoms with E-state index in [0.29, 0.717) is 24.5 Å². The lowest BCUT2D eigenvalue weighted by Gasteiger charge is -2.23. The Kier molecular flexibility index (Phi) is 9.12. The maximum atomic E-state index is 12.3. The first-order valence-electron chi connectivity index (χ1n) is 6.61. The first-order valence-corrected chi connectivity index (χ1v) is 6.61. The normalized spacial score (nSPS) is 9.77. The van der Waals surface area contributed by atoms with Gasteiger partial charge in [-0.15, -0.1) is 12.4 Å². The van der Waals surface area contributed by atoms with Gasteiger partial charge < -0.3 is 20.3 Å². The van der Waals surface area contributed by atoms with Crippen LogP contribution in [0.15, 0.2) is 18.3 Å². The van der Waals surface area contributed by atoms with Gasteiger partial charge in [-0.25, -0.2) is 0 Å². The molecule has 22 heavy (non-hydrogen) atoms. The highest BCUT2D eigenvalue weighted by atomic mass is 35.5. The Labute approximate surface area is 136 Å². The Morgan fingerprint density at radius 2 is 1.95 bits per heavy atom. The van der Waals surface area contributed by atoms with E-state index >= 15 is 0 Å². The summed E-state index contributed by atoms with van der Waals surface area (Å²) >= 11 is 0. The lowest BCUT2D eigenvalue weighted by Crippen LogP contribution is -2.42. The topological polar surface area (TPSA) is 88.8 Å². The van der Waals surface area contributed by atoms with Crippen LogP contribution in [0.2, 0.25) is 0 Å². The molecule has 1 rings (SSSR count). The molecule has 2 amide bonds. The van der Waals surface area contributed by atoms with Gasteiger partial charge in [0.05, 0.1) is 31.5 Å². The molecule has 0 unspecified atom stereocenters. The van der Waals surface area contributed by atoms with Crippen LogP contribution >= 0.6 is 12.4 Å². The summed E-state index contributed by atoms with van der Waals surface area (Å²) in [7, 11) is 4.86. The van der Waals surface area contributed by atoms with Crippen LogP contribution in [0.25, 0.3) is 0 Å². The molecule has 7 nitrogen and oxygen atoms in total. The Morgan fingerprint density at radius 1 is 1.27 bits per heavy atom. The van der Waals surface area contributed by atoms with E-state index in [1.165, 1.54) is 16.0 Å². The summed E-state index contributed by atoms with van der Waals surface area (Å²) in [6, 6.07) is 3.40. The molecule has 0 spiro atoms. The van der Waals surface area contributed by atoms with Gasteiger partial charge >= 0.3 is 0 Å². The van der Waals surface area contributed by atoms with Crippen molar-refractivity contribution in [3.05, 3.63) is 24.0 Å². The molecule has 0 atom stereocenters. The Hall–Kier alpha value is -1.86. The summed E-state index contributed by atoms with van der Waals surface area (Å²) in [5.74, 6) is -0.302. The molecule has 0 saturated heterocycles. The van der Waals surface area contributed by atoms with Gasteiger partial charge in [0.2, 0.25) is 11.8 Å². The second-order valence-corrected chi connectivity index (χ2v) is 4.86. The summed E-state index contributed by atoms with van der Waals surface area (Å²) in [6.45, 7) is 0.773. The van der Waals surface area contributed by atoms with Gasteiger partial charge in [-0.2, -0.15) is 0 Å². The molecule has 0 aliphatic carbocycles. The third-order valence-corrected chi connectivity index (χ3v) is 2.92. The molecule has 0 saturated carbocycles. The van der Waals surface area contributed by atoms with E-state index in [4.69, 9.17) is 10.5 Å². The number of carbonyl (C=O) groups excluding carboxylic acids is 2. The van der Waals surface area contributed by atoms with Crippen LogP contribution in [0.4, 0.5) is 5.69 Å². The predicted molar refractivity (Wildman–Crippen MR) is 86.8 cm³/mol. The number of ether oxygens (including phenoxy) is 1. The van der Waals surface area contributed by atoms with E-state index in [1.54, 1.807) is 33.3 Å². The van der Waals surface area contributed by atoms with Crippen molar-refractivity contribution in [3.63, 3.8) is 0 Å². The third-order valence-electron chi connectivity index (χ3n) is 2.92. The number of carbonyl (C=O) groups is 2. The molecule has 0 fully saturated rings. The van der Waals surface area contributed by atoms with Crippen molar-refractivity contribution in [3.8, 4) is 0 Å². The molecular formula is C14H23ClN4O3. The lowest BCUT2D eigenvalue weighted by molar-refractivity contribution is -0.139. The Bertz CT molecular complexity index is 479. The molecule has 1 aromatic heterocycles. The molecule has 0 aromatic carbocycles. The number of halogens is 1. The fraction of sp³-hybridized carbons (Fsp3) is 0.500. The van der Waals surface area contributed by atoms with Gasteiger partial charge in [-0.1, -0.05) is 0 Å². The van der Waals surface area contributed by atoms with Crippen LogP contribution in [-0.4, -0.2) is 67.5 Å².